The molecular weight excluding hydrogens is 611 g/mol. The highest BCUT2D eigenvalue weighted by Crippen LogP contribution is 2.37. The van der Waals surface area contributed by atoms with Crippen molar-refractivity contribution in [1.29, 1.82) is 0 Å². The molecular formula is C35H34F3N5O4. The zero-order chi connectivity index (χ0) is 33.8. The summed E-state index contributed by atoms with van der Waals surface area (Å²) in [4.78, 5) is 44.8. The molecule has 3 amide bonds. The molecule has 4 aromatic rings. The van der Waals surface area contributed by atoms with E-state index in [-0.39, 0.29) is 49.9 Å². The van der Waals surface area contributed by atoms with Crippen molar-refractivity contribution >= 4 is 29.1 Å². The van der Waals surface area contributed by atoms with Gasteiger partial charge in [-0.25, -0.2) is 0 Å². The molecule has 0 bridgehead atoms. The maximum Gasteiger partial charge on any atom is 0.418 e. The zero-order valence-electron chi connectivity index (χ0n) is 25.6. The quantitative estimate of drug-likeness (QED) is 0.195. The van der Waals surface area contributed by atoms with Gasteiger partial charge in [0.05, 0.1) is 5.56 Å². The van der Waals surface area contributed by atoms with Crippen molar-refractivity contribution in [2.24, 2.45) is 5.92 Å². The van der Waals surface area contributed by atoms with E-state index in [2.05, 4.69) is 15.6 Å². The number of nitrogens with zero attached hydrogens (tertiary/aromatic N) is 2. The number of aromatic nitrogens is 1. The molecule has 1 aliphatic heterocycles. The van der Waals surface area contributed by atoms with Crippen LogP contribution < -0.4 is 16.4 Å². The summed E-state index contributed by atoms with van der Waals surface area (Å²) in [6.07, 6.45) is -1.33. The highest BCUT2D eigenvalue weighted by atomic mass is 19.4. The van der Waals surface area contributed by atoms with E-state index < -0.39 is 34.9 Å². The maximum absolute atomic E-state index is 13.9. The summed E-state index contributed by atoms with van der Waals surface area (Å²) in [5, 5.41) is 17.3. The van der Waals surface area contributed by atoms with Crippen LogP contribution in [0.15, 0.2) is 91.3 Å². The summed E-state index contributed by atoms with van der Waals surface area (Å²) in [5.41, 5.74) is 4.72. The molecule has 1 saturated heterocycles. The van der Waals surface area contributed by atoms with Gasteiger partial charge in [-0.1, -0.05) is 36.4 Å². The first-order valence-corrected chi connectivity index (χ1v) is 15.0. The van der Waals surface area contributed by atoms with Crippen LogP contribution in [-0.2, 0) is 17.4 Å². The van der Waals surface area contributed by atoms with E-state index in [0.29, 0.717) is 16.7 Å². The summed E-state index contributed by atoms with van der Waals surface area (Å²) >= 11 is 0. The standard InChI is InChI=1S/C35H34F3N5O4/c1-40-31(44)26-7-3-6-25(19-26)24-5-2-4-22(18-24)21-34(47,33(46)42-28-8-9-30(39)29(20-28)35(36,37)38)27-12-16-43(17-13-27)32(45)23-10-14-41-15-11-23/h2-11,14-15,18-20,27,47H,12-13,16-17,21,39H2,1H3,(H,40,44)(H,42,46). The SMILES string of the molecule is CNC(=O)c1cccc(-c2cccc(CC(O)(C(=O)Nc3ccc(N)c(C(F)(F)F)c3)C3CCN(C(=O)c4ccncc4)CC3)c2)c1. The Bertz CT molecular complexity index is 1770. The molecule has 1 fully saturated rings. The lowest BCUT2D eigenvalue weighted by atomic mass is 9.75. The minimum atomic E-state index is -4.75. The number of likely N-dealkylation sites (tertiary alicyclic amines) is 1. The lowest BCUT2D eigenvalue weighted by Gasteiger charge is -2.40. The molecule has 3 aromatic carbocycles. The third kappa shape index (κ3) is 7.44. The van der Waals surface area contributed by atoms with E-state index in [1.54, 1.807) is 53.4 Å². The van der Waals surface area contributed by atoms with Crippen molar-refractivity contribution < 1.29 is 32.7 Å². The summed E-state index contributed by atoms with van der Waals surface area (Å²) in [6.45, 7) is 0.516. The molecule has 244 valence electrons. The van der Waals surface area contributed by atoms with Gasteiger partial charge in [0.1, 0.15) is 5.60 Å². The van der Waals surface area contributed by atoms with Gasteiger partial charge < -0.3 is 26.4 Å². The second-order valence-electron chi connectivity index (χ2n) is 11.5. The summed E-state index contributed by atoms with van der Waals surface area (Å²) in [6, 6.07) is 20.4. The van der Waals surface area contributed by atoms with Crippen molar-refractivity contribution in [1.82, 2.24) is 15.2 Å². The van der Waals surface area contributed by atoms with Crippen LogP contribution >= 0.6 is 0 Å². The number of anilines is 2. The Hall–Kier alpha value is -5.23. The second kappa shape index (κ2) is 13.6. The van der Waals surface area contributed by atoms with Gasteiger partial charge in [-0.3, -0.25) is 19.4 Å². The summed E-state index contributed by atoms with van der Waals surface area (Å²) in [5.74, 6) is -1.97. The lowest BCUT2D eigenvalue weighted by molar-refractivity contribution is -0.142. The molecule has 5 N–H and O–H groups in total. The molecule has 0 radical (unpaired) electrons. The Morgan fingerprint density at radius 3 is 2.23 bits per heavy atom. The molecule has 1 aliphatic rings. The fraction of sp³-hybridized carbons (Fsp3) is 0.257. The topological polar surface area (TPSA) is 138 Å². The largest absolute Gasteiger partial charge is 0.418 e. The number of halogens is 3. The molecule has 47 heavy (non-hydrogen) atoms. The number of carbonyl (C=O) groups excluding carboxylic acids is 3. The number of hydrogen-bond donors (Lipinski definition) is 4. The van der Waals surface area contributed by atoms with Crippen molar-refractivity contribution in [3.63, 3.8) is 0 Å². The smallest absolute Gasteiger partial charge is 0.398 e. The third-order valence-electron chi connectivity index (χ3n) is 8.48. The Morgan fingerprint density at radius 1 is 0.915 bits per heavy atom. The first-order valence-electron chi connectivity index (χ1n) is 15.0. The van der Waals surface area contributed by atoms with Crippen LogP contribution in [0.1, 0.15) is 44.7 Å². The van der Waals surface area contributed by atoms with Gasteiger partial charge in [-0.15, -0.1) is 0 Å². The Morgan fingerprint density at radius 2 is 1.57 bits per heavy atom. The van der Waals surface area contributed by atoms with E-state index in [0.717, 1.165) is 23.3 Å². The van der Waals surface area contributed by atoms with Crippen molar-refractivity contribution in [2.45, 2.75) is 31.0 Å². The molecule has 1 aromatic heterocycles. The normalized spacial score (nSPS) is 15.0. The zero-order valence-corrected chi connectivity index (χ0v) is 25.6. The molecule has 1 unspecified atom stereocenters. The number of nitrogens with one attached hydrogen (secondary N) is 2. The molecule has 12 heteroatoms. The molecule has 5 rings (SSSR count). The molecule has 1 atom stereocenters. The van der Waals surface area contributed by atoms with Crippen LogP contribution in [0.3, 0.4) is 0 Å². The van der Waals surface area contributed by atoms with Crippen molar-refractivity contribution in [3.8, 4) is 11.1 Å². The summed E-state index contributed by atoms with van der Waals surface area (Å²) in [7, 11) is 1.54. The minimum Gasteiger partial charge on any atom is -0.398 e. The number of rotatable bonds is 8. The average Bonchev–Trinajstić information content (AvgIpc) is 3.08. The highest BCUT2D eigenvalue weighted by Gasteiger charge is 2.46. The third-order valence-corrected chi connectivity index (χ3v) is 8.48. The molecule has 0 saturated carbocycles. The number of carbonyl (C=O) groups is 3. The predicted molar refractivity (Wildman–Crippen MR) is 171 cm³/mol. The van der Waals surface area contributed by atoms with Crippen LogP contribution in [0.5, 0.6) is 0 Å². The first kappa shape index (κ1) is 33.1. The van der Waals surface area contributed by atoms with Crippen molar-refractivity contribution in [3.05, 3.63) is 114 Å². The van der Waals surface area contributed by atoms with Gasteiger partial charge in [-0.2, -0.15) is 13.2 Å². The van der Waals surface area contributed by atoms with Gasteiger partial charge in [0.25, 0.3) is 17.7 Å². The maximum atomic E-state index is 13.9. The van der Waals surface area contributed by atoms with Gasteiger partial charge in [-0.05, 0) is 72.0 Å². The fourth-order valence-electron chi connectivity index (χ4n) is 5.92. The van der Waals surface area contributed by atoms with E-state index in [1.807, 2.05) is 12.1 Å². The number of benzene rings is 3. The molecule has 0 aliphatic carbocycles. The van der Waals surface area contributed by atoms with Gasteiger partial charge in [0, 0.05) is 67.4 Å². The van der Waals surface area contributed by atoms with Crippen LogP contribution in [-0.4, -0.2) is 58.5 Å². The van der Waals surface area contributed by atoms with E-state index in [1.165, 1.54) is 25.5 Å². The highest BCUT2D eigenvalue weighted by molar-refractivity contribution is 5.98. The second-order valence-corrected chi connectivity index (χ2v) is 11.5. The van der Waals surface area contributed by atoms with E-state index in [4.69, 9.17) is 5.73 Å². The fourth-order valence-corrected chi connectivity index (χ4v) is 5.92. The van der Waals surface area contributed by atoms with Gasteiger partial charge in [0.2, 0.25) is 0 Å². The number of amides is 3. The average molecular weight is 646 g/mol. The van der Waals surface area contributed by atoms with Crippen LogP contribution in [0.25, 0.3) is 11.1 Å². The predicted octanol–water partition coefficient (Wildman–Crippen LogP) is 5.17. The number of nitrogen functional groups attached to an aromatic ring is 1. The van der Waals surface area contributed by atoms with Gasteiger partial charge in [0.15, 0.2) is 0 Å². The number of piperidine rings is 1. The number of alkyl halides is 3. The Labute approximate surface area is 269 Å². The number of hydrogen-bond acceptors (Lipinski definition) is 6. The monoisotopic (exact) mass is 645 g/mol. The molecule has 0 spiro atoms. The number of aliphatic hydroxyl groups is 1. The van der Waals surface area contributed by atoms with Crippen LogP contribution in [0.2, 0.25) is 0 Å². The van der Waals surface area contributed by atoms with E-state index in [9.17, 15) is 32.7 Å². The Kier molecular flexibility index (Phi) is 9.61. The minimum absolute atomic E-state index is 0.161. The van der Waals surface area contributed by atoms with E-state index >= 15 is 0 Å². The Balaban J connectivity index is 1.44. The summed E-state index contributed by atoms with van der Waals surface area (Å²) < 4.78 is 40.7. The number of pyridine rings is 1. The van der Waals surface area contributed by atoms with Crippen molar-refractivity contribution in [2.75, 3.05) is 31.2 Å². The first-order chi connectivity index (χ1) is 22.4. The molecule has 9 nitrogen and oxygen atoms in total. The van der Waals surface area contributed by atoms with Crippen LogP contribution in [0.4, 0.5) is 24.5 Å². The van der Waals surface area contributed by atoms with Gasteiger partial charge >= 0.3 is 6.18 Å². The van der Waals surface area contributed by atoms with Crippen LogP contribution in [0, 0.1) is 5.92 Å². The molecule has 2 heterocycles. The number of nitrogens with two attached hydrogens (primary N) is 1. The lowest BCUT2D eigenvalue weighted by Crippen LogP contribution is -2.54.